The third kappa shape index (κ3) is 4.17. The molecule has 2 rings (SSSR count). The molecule has 1 saturated heterocycles. The number of aliphatic hydroxyl groups is 2. The monoisotopic (exact) mass is 365 g/mol. The molecule has 0 aliphatic carbocycles. The van der Waals surface area contributed by atoms with Gasteiger partial charge in [0.15, 0.2) is 6.23 Å². The van der Waals surface area contributed by atoms with Crippen molar-refractivity contribution in [3.05, 3.63) is 22.7 Å². The van der Waals surface area contributed by atoms with E-state index in [1.807, 2.05) is 0 Å². The summed E-state index contributed by atoms with van der Waals surface area (Å²) < 4.78 is 22.2. The molecule has 1 aliphatic heterocycles. The summed E-state index contributed by atoms with van der Waals surface area (Å²) in [4.78, 5) is 35.0. The van der Waals surface area contributed by atoms with Crippen LogP contribution in [0.4, 0.5) is 5.82 Å². The van der Waals surface area contributed by atoms with Gasteiger partial charge in [0, 0.05) is 6.20 Å². The van der Waals surface area contributed by atoms with E-state index in [1.165, 1.54) is 12.3 Å². The lowest BCUT2D eigenvalue weighted by molar-refractivity contribution is -0.134. The van der Waals surface area contributed by atoms with Crippen LogP contribution in [0.1, 0.15) is 6.23 Å². The molecule has 2 unspecified atom stereocenters. The summed E-state index contributed by atoms with van der Waals surface area (Å²) >= 11 is 0. The number of carbonyl (C=O) groups is 1. The number of nitrogens with two attached hydrogens (primary N) is 1. The number of aliphatic hydroxyl groups excluding tert-OH is 2. The zero-order valence-corrected chi connectivity index (χ0v) is 13.0. The molecule has 1 aromatic rings. The Morgan fingerprint density at radius 2 is 2.12 bits per heavy atom. The molecule has 0 spiro atoms. The summed E-state index contributed by atoms with van der Waals surface area (Å²) in [6, 6.07) is 1.28. The van der Waals surface area contributed by atoms with Gasteiger partial charge >= 0.3 is 19.3 Å². The van der Waals surface area contributed by atoms with Crippen LogP contribution in [0, 0.1) is 0 Å². The van der Waals surface area contributed by atoms with Gasteiger partial charge in [-0.1, -0.05) is 0 Å². The molecule has 0 saturated carbocycles. The van der Waals surface area contributed by atoms with Gasteiger partial charge in [0.25, 0.3) is 0 Å². The first-order chi connectivity index (χ1) is 11.1. The highest BCUT2D eigenvalue weighted by Gasteiger charge is 2.45. The number of rotatable bonds is 6. The largest absolute Gasteiger partial charge is 0.481 e. The number of carboxylic acids is 1. The Hall–Kier alpha value is -1.82. The SMILES string of the molecule is Nc1ccn([C@@H]2O[C@H](COP(=O)(O)CC(=O)O)C(O)[C@@H]2O)c(=O)n1. The van der Waals surface area contributed by atoms with E-state index in [4.69, 9.17) is 15.6 Å². The highest BCUT2D eigenvalue weighted by Crippen LogP contribution is 2.42. The third-order valence-corrected chi connectivity index (χ3v) is 4.46. The zero-order chi connectivity index (χ0) is 18.1. The molecule has 0 amide bonds. The molecular weight excluding hydrogens is 349 g/mol. The van der Waals surface area contributed by atoms with Crippen molar-refractivity contribution in [2.24, 2.45) is 0 Å². The molecule has 0 radical (unpaired) electrons. The minimum atomic E-state index is -4.42. The summed E-state index contributed by atoms with van der Waals surface area (Å²) in [7, 11) is -4.42. The van der Waals surface area contributed by atoms with Crippen LogP contribution in [-0.4, -0.2) is 66.8 Å². The number of aromatic nitrogens is 2. The molecule has 134 valence electrons. The van der Waals surface area contributed by atoms with Crippen LogP contribution >= 0.6 is 7.60 Å². The van der Waals surface area contributed by atoms with E-state index in [2.05, 4.69) is 9.51 Å². The number of aliphatic carboxylic acids is 1. The maximum absolute atomic E-state index is 11.7. The van der Waals surface area contributed by atoms with Crippen LogP contribution in [-0.2, 0) is 18.6 Å². The van der Waals surface area contributed by atoms with E-state index < -0.39 is 56.6 Å². The lowest BCUT2D eigenvalue weighted by atomic mass is 10.1. The number of hydrogen-bond acceptors (Lipinski definition) is 9. The Morgan fingerprint density at radius 1 is 1.46 bits per heavy atom. The average molecular weight is 365 g/mol. The Bertz CT molecular complexity index is 723. The van der Waals surface area contributed by atoms with E-state index in [9.17, 15) is 29.3 Å². The van der Waals surface area contributed by atoms with E-state index in [-0.39, 0.29) is 5.82 Å². The highest BCUT2D eigenvalue weighted by molar-refractivity contribution is 7.53. The summed E-state index contributed by atoms with van der Waals surface area (Å²) in [5.41, 5.74) is 4.52. The number of ether oxygens (including phenoxy) is 1. The summed E-state index contributed by atoms with van der Waals surface area (Å²) in [5.74, 6) is -1.58. The fourth-order valence-electron chi connectivity index (χ4n) is 2.12. The lowest BCUT2D eigenvalue weighted by Gasteiger charge is -2.17. The van der Waals surface area contributed by atoms with Gasteiger partial charge < -0.3 is 35.2 Å². The second-order valence-electron chi connectivity index (χ2n) is 5.07. The minimum Gasteiger partial charge on any atom is -0.481 e. The van der Waals surface area contributed by atoms with Gasteiger partial charge in [-0.05, 0) is 6.07 Å². The molecule has 0 aromatic carbocycles. The Balaban J connectivity index is 2.08. The van der Waals surface area contributed by atoms with Crippen LogP contribution in [0.3, 0.4) is 0 Å². The minimum absolute atomic E-state index is 0.0425. The molecule has 1 fully saturated rings. The first-order valence-corrected chi connectivity index (χ1v) is 8.41. The van der Waals surface area contributed by atoms with Crippen LogP contribution < -0.4 is 11.4 Å². The zero-order valence-electron chi connectivity index (χ0n) is 12.1. The maximum atomic E-state index is 11.7. The van der Waals surface area contributed by atoms with Gasteiger partial charge in [-0.3, -0.25) is 13.9 Å². The smallest absolute Gasteiger partial charge is 0.351 e. The van der Waals surface area contributed by atoms with Crippen molar-refractivity contribution in [2.45, 2.75) is 24.5 Å². The molecule has 5 atom stereocenters. The number of carboxylic acid groups (broad SMARTS) is 1. The van der Waals surface area contributed by atoms with Gasteiger partial charge in [0.05, 0.1) is 6.61 Å². The molecule has 1 aliphatic rings. The van der Waals surface area contributed by atoms with Crippen LogP contribution in [0.25, 0.3) is 0 Å². The van der Waals surface area contributed by atoms with E-state index in [1.54, 1.807) is 0 Å². The molecule has 12 nitrogen and oxygen atoms in total. The molecule has 24 heavy (non-hydrogen) atoms. The Kier molecular flexibility index (Phi) is 5.38. The van der Waals surface area contributed by atoms with Crippen molar-refractivity contribution >= 4 is 19.4 Å². The van der Waals surface area contributed by atoms with Gasteiger partial charge in [0.2, 0.25) is 0 Å². The second kappa shape index (κ2) is 6.97. The summed E-state index contributed by atoms with van der Waals surface area (Å²) in [5, 5.41) is 28.4. The van der Waals surface area contributed by atoms with Crippen molar-refractivity contribution in [3.63, 3.8) is 0 Å². The number of nitrogens with zero attached hydrogens (tertiary/aromatic N) is 2. The normalized spacial score (nSPS) is 29.3. The van der Waals surface area contributed by atoms with E-state index in [0.717, 1.165) is 4.57 Å². The van der Waals surface area contributed by atoms with E-state index in [0.29, 0.717) is 0 Å². The molecule has 6 N–H and O–H groups in total. The average Bonchev–Trinajstić information content (AvgIpc) is 2.72. The maximum Gasteiger partial charge on any atom is 0.351 e. The Labute approximate surface area is 134 Å². The summed E-state index contributed by atoms with van der Waals surface area (Å²) in [6.45, 7) is -0.660. The second-order valence-corrected chi connectivity index (χ2v) is 6.92. The number of hydrogen-bond donors (Lipinski definition) is 5. The van der Waals surface area contributed by atoms with Crippen molar-refractivity contribution in [2.75, 3.05) is 18.5 Å². The summed E-state index contributed by atoms with van der Waals surface area (Å²) in [6.07, 6.45) is -5.57. The molecule has 2 heterocycles. The standard InChI is InChI=1S/C11H16N3O9P/c12-6-1-2-14(11(19)13-6)10-9(18)8(17)5(23-10)3-22-24(20,21)4-7(15)16/h1-2,5,8-10,17-18H,3-4H2,(H,15,16)(H,20,21)(H2,12,13,19)/t5-,8?,9+,10-/m1/s1. The van der Waals surface area contributed by atoms with Crippen molar-refractivity contribution in [1.82, 2.24) is 9.55 Å². The van der Waals surface area contributed by atoms with Crippen molar-refractivity contribution in [3.8, 4) is 0 Å². The van der Waals surface area contributed by atoms with Crippen LogP contribution in [0.15, 0.2) is 17.1 Å². The quantitative estimate of drug-likeness (QED) is 0.341. The van der Waals surface area contributed by atoms with Gasteiger partial charge in [0.1, 0.15) is 30.3 Å². The number of nitrogen functional groups attached to an aromatic ring is 1. The van der Waals surface area contributed by atoms with Gasteiger partial charge in [-0.15, -0.1) is 0 Å². The number of anilines is 1. The first kappa shape index (κ1) is 18.5. The lowest BCUT2D eigenvalue weighted by Crippen LogP contribution is -2.36. The van der Waals surface area contributed by atoms with Crippen LogP contribution in [0.2, 0.25) is 0 Å². The van der Waals surface area contributed by atoms with Crippen molar-refractivity contribution < 1.29 is 38.8 Å². The van der Waals surface area contributed by atoms with Crippen molar-refractivity contribution in [1.29, 1.82) is 0 Å². The van der Waals surface area contributed by atoms with Crippen LogP contribution in [0.5, 0.6) is 0 Å². The first-order valence-electron chi connectivity index (χ1n) is 6.65. The molecular formula is C11H16N3O9P. The van der Waals surface area contributed by atoms with E-state index >= 15 is 0 Å². The predicted octanol–water partition coefficient (Wildman–Crippen LogP) is -2.27. The topological polar surface area (TPSA) is 194 Å². The fraction of sp³-hybridized carbons (Fsp3) is 0.545. The fourth-order valence-corrected chi connectivity index (χ4v) is 2.94. The molecule has 0 bridgehead atoms. The van der Waals surface area contributed by atoms with Gasteiger partial charge in [-0.2, -0.15) is 4.98 Å². The molecule has 13 heteroatoms. The predicted molar refractivity (Wildman–Crippen MR) is 77.1 cm³/mol. The van der Waals surface area contributed by atoms with Gasteiger partial charge in [-0.25, -0.2) is 4.79 Å². The third-order valence-electron chi connectivity index (χ3n) is 3.24. The molecule has 1 aromatic heterocycles. The highest BCUT2D eigenvalue weighted by atomic mass is 31.2. The Morgan fingerprint density at radius 3 is 2.71 bits per heavy atom.